The van der Waals surface area contributed by atoms with Crippen LogP contribution in [0, 0.1) is 10.1 Å². The van der Waals surface area contributed by atoms with Crippen LogP contribution in [0.3, 0.4) is 0 Å². The summed E-state index contributed by atoms with van der Waals surface area (Å²) in [5.74, 6) is -1.46. The molecule has 0 atom stereocenters. The quantitative estimate of drug-likeness (QED) is 0.414. The number of hydrogen-bond donors (Lipinski definition) is 1. The molecular formula is C12H15NO7. The Bertz CT molecular complexity index is 475. The lowest BCUT2D eigenvalue weighted by molar-refractivity contribution is -0.385. The summed E-state index contributed by atoms with van der Waals surface area (Å²) in [4.78, 5) is 21.1. The van der Waals surface area contributed by atoms with Gasteiger partial charge in [0.15, 0.2) is 5.56 Å². The first-order valence-corrected chi connectivity index (χ1v) is 5.78. The molecule has 20 heavy (non-hydrogen) atoms. The van der Waals surface area contributed by atoms with Crippen LogP contribution < -0.4 is 4.74 Å². The Labute approximate surface area is 115 Å². The van der Waals surface area contributed by atoms with E-state index in [0.29, 0.717) is 13.2 Å². The number of carboxylic acid groups (broad SMARTS) is 1. The maximum atomic E-state index is 11.1. The van der Waals surface area contributed by atoms with E-state index >= 15 is 0 Å². The van der Waals surface area contributed by atoms with Gasteiger partial charge in [-0.25, -0.2) is 4.79 Å². The van der Waals surface area contributed by atoms with Crippen LogP contribution in [0.1, 0.15) is 10.4 Å². The normalized spacial score (nSPS) is 10.2. The van der Waals surface area contributed by atoms with Crippen molar-refractivity contribution in [2.24, 2.45) is 0 Å². The lowest BCUT2D eigenvalue weighted by atomic mass is 10.1. The zero-order valence-corrected chi connectivity index (χ0v) is 10.9. The fraction of sp³-hybridized carbons (Fsp3) is 0.417. The lowest BCUT2D eigenvalue weighted by Crippen LogP contribution is -2.12. The van der Waals surface area contributed by atoms with Gasteiger partial charge in [-0.1, -0.05) is 6.07 Å². The van der Waals surface area contributed by atoms with E-state index in [-0.39, 0.29) is 19.0 Å². The van der Waals surface area contributed by atoms with E-state index in [4.69, 9.17) is 19.3 Å². The van der Waals surface area contributed by atoms with E-state index in [1.165, 1.54) is 12.1 Å². The molecule has 8 heteroatoms. The third-order valence-electron chi connectivity index (χ3n) is 2.33. The third kappa shape index (κ3) is 4.48. The summed E-state index contributed by atoms with van der Waals surface area (Å²) in [7, 11) is 1.54. The maximum Gasteiger partial charge on any atom is 0.346 e. The highest BCUT2D eigenvalue weighted by Gasteiger charge is 2.24. The number of benzene rings is 1. The molecule has 0 aromatic heterocycles. The monoisotopic (exact) mass is 285 g/mol. The summed E-state index contributed by atoms with van der Waals surface area (Å²) in [6, 6.07) is 3.85. The first kappa shape index (κ1) is 15.9. The Balaban J connectivity index is 2.67. The lowest BCUT2D eigenvalue weighted by Gasteiger charge is -2.09. The van der Waals surface area contributed by atoms with E-state index in [0.717, 1.165) is 6.07 Å². The molecule has 0 heterocycles. The SMILES string of the molecule is COCCOCCOc1cccc([N+](=O)[O-])c1C(=O)O. The van der Waals surface area contributed by atoms with Crippen LogP contribution in [0.25, 0.3) is 0 Å². The van der Waals surface area contributed by atoms with Crippen LogP contribution in [0.5, 0.6) is 5.75 Å². The van der Waals surface area contributed by atoms with Crippen molar-refractivity contribution in [1.82, 2.24) is 0 Å². The van der Waals surface area contributed by atoms with Crippen molar-refractivity contribution in [1.29, 1.82) is 0 Å². The second-order valence-electron chi connectivity index (χ2n) is 3.67. The molecule has 0 aliphatic rings. The smallest absolute Gasteiger partial charge is 0.346 e. The molecule has 8 nitrogen and oxygen atoms in total. The Hall–Kier alpha value is -2.19. The van der Waals surface area contributed by atoms with Gasteiger partial charge in [-0.05, 0) is 6.07 Å². The Morgan fingerprint density at radius 3 is 2.60 bits per heavy atom. The standard InChI is InChI=1S/C12H15NO7/c1-18-5-6-19-7-8-20-10-4-2-3-9(13(16)17)11(10)12(14)15/h2-4H,5-8H2,1H3,(H,14,15). The number of nitrogens with zero attached hydrogens (tertiary/aromatic N) is 1. The molecule has 1 aromatic carbocycles. The van der Waals surface area contributed by atoms with E-state index < -0.39 is 22.1 Å². The van der Waals surface area contributed by atoms with Gasteiger partial charge in [0, 0.05) is 13.2 Å². The van der Waals surface area contributed by atoms with Crippen molar-refractivity contribution in [3.8, 4) is 5.75 Å². The summed E-state index contributed by atoms with van der Waals surface area (Å²) in [6.07, 6.45) is 0. The molecule has 0 aliphatic heterocycles. The highest BCUT2D eigenvalue weighted by Crippen LogP contribution is 2.28. The van der Waals surface area contributed by atoms with Gasteiger partial charge in [0.05, 0.1) is 24.7 Å². The predicted octanol–water partition coefficient (Wildman–Crippen LogP) is 1.33. The molecule has 0 saturated carbocycles. The molecule has 1 N–H and O–H groups in total. The number of rotatable bonds is 9. The van der Waals surface area contributed by atoms with Crippen molar-refractivity contribution in [3.05, 3.63) is 33.9 Å². The number of carbonyl (C=O) groups is 1. The van der Waals surface area contributed by atoms with E-state index in [2.05, 4.69) is 0 Å². The predicted molar refractivity (Wildman–Crippen MR) is 68.2 cm³/mol. The zero-order valence-electron chi connectivity index (χ0n) is 10.9. The van der Waals surface area contributed by atoms with Crippen LogP contribution in [0.15, 0.2) is 18.2 Å². The molecule has 0 fully saturated rings. The Kier molecular flexibility index (Phi) is 6.41. The number of nitro benzene ring substituents is 1. The first-order chi connectivity index (χ1) is 9.57. The van der Waals surface area contributed by atoms with Gasteiger partial charge in [-0.15, -0.1) is 0 Å². The third-order valence-corrected chi connectivity index (χ3v) is 2.33. The Morgan fingerprint density at radius 1 is 1.30 bits per heavy atom. The molecule has 0 bridgehead atoms. The average molecular weight is 285 g/mol. The summed E-state index contributed by atoms with van der Waals surface area (Å²) < 4.78 is 15.1. The van der Waals surface area contributed by atoms with Gasteiger partial charge in [0.2, 0.25) is 0 Å². The summed E-state index contributed by atoms with van der Waals surface area (Å²) in [5, 5.41) is 19.8. The van der Waals surface area contributed by atoms with Gasteiger partial charge in [-0.3, -0.25) is 10.1 Å². The van der Waals surface area contributed by atoms with Crippen LogP contribution in [-0.4, -0.2) is 49.5 Å². The number of aromatic carboxylic acids is 1. The van der Waals surface area contributed by atoms with Crippen LogP contribution in [0.4, 0.5) is 5.69 Å². The van der Waals surface area contributed by atoms with Crippen LogP contribution >= 0.6 is 0 Å². The van der Waals surface area contributed by atoms with Crippen molar-refractivity contribution >= 4 is 11.7 Å². The molecule has 110 valence electrons. The highest BCUT2D eigenvalue weighted by molar-refractivity contribution is 5.95. The second kappa shape index (κ2) is 8.08. The van der Waals surface area contributed by atoms with Crippen molar-refractivity contribution in [2.45, 2.75) is 0 Å². The molecule has 0 amide bonds. The number of methoxy groups -OCH3 is 1. The number of nitro groups is 1. The van der Waals surface area contributed by atoms with Gasteiger partial charge >= 0.3 is 5.97 Å². The molecule has 0 radical (unpaired) electrons. The van der Waals surface area contributed by atoms with Gasteiger partial charge < -0.3 is 19.3 Å². The molecular weight excluding hydrogens is 270 g/mol. The van der Waals surface area contributed by atoms with E-state index in [1.807, 2.05) is 0 Å². The molecule has 0 unspecified atom stereocenters. The minimum Gasteiger partial charge on any atom is -0.490 e. The number of hydrogen-bond acceptors (Lipinski definition) is 6. The zero-order chi connectivity index (χ0) is 15.0. The molecule has 1 aromatic rings. The summed E-state index contributed by atoms with van der Waals surface area (Å²) >= 11 is 0. The summed E-state index contributed by atoms with van der Waals surface area (Å²) in [6.45, 7) is 1.15. The van der Waals surface area contributed by atoms with Crippen LogP contribution in [0.2, 0.25) is 0 Å². The molecule has 1 rings (SSSR count). The largest absolute Gasteiger partial charge is 0.490 e. The fourth-order valence-corrected chi connectivity index (χ4v) is 1.46. The van der Waals surface area contributed by atoms with Gasteiger partial charge in [-0.2, -0.15) is 0 Å². The number of carboxylic acids is 1. The second-order valence-corrected chi connectivity index (χ2v) is 3.67. The topological polar surface area (TPSA) is 108 Å². The fourth-order valence-electron chi connectivity index (χ4n) is 1.46. The van der Waals surface area contributed by atoms with E-state index in [9.17, 15) is 14.9 Å². The van der Waals surface area contributed by atoms with Gasteiger partial charge in [0.25, 0.3) is 5.69 Å². The molecule has 0 spiro atoms. The van der Waals surface area contributed by atoms with Crippen molar-refractivity contribution in [2.75, 3.05) is 33.5 Å². The Morgan fingerprint density at radius 2 is 2.00 bits per heavy atom. The average Bonchev–Trinajstić information content (AvgIpc) is 2.42. The summed E-state index contributed by atoms with van der Waals surface area (Å²) in [5.41, 5.74) is -0.968. The highest BCUT2D eigenvalue weighted by atomic mass is 16.6. The van der Waals surface area contributed by atoms with Crippen LogP contribution in [-0.2, 0) is 9.47 Å². The van der Waals surface area contributed by atoms with Crippen molar-refractivity contribution in [3.63, 3.8) is 0 Å². The van der Waals surface area contributed by atoms with Crippen molar-refractivity contribution < 1.29 is 29.0 Å². The minimum absolute atomic E-state index is 0.0537. The molecule has 0 saturated heterocycles. The maximum absolute atomic E-state index is 11.1. The van der Waals surface area contributed by atoms with E-state index in [1.54, 1.807) is 7.11 Å². The van der Waals surface area contributed by atoms with Gasteiger partial charge in [0.1, 0.15) is 12.4 Å². The minimum atomic E-state index is -1.41. The number of ether oxygens (including phenoxy) is 3. The molecule has 0 aliphatic carbocycles. The first-order valence-electron chi connectivity index (χ1n) is 5.78.